The normalized spacial score (nSPS) is 12.2. The summed E-state index contributed by atoms with van der Waals surface area (Å²) in [5, 5.41) is 9.27. The minimum absolute atomic E-state index is 0.201. The second kappa shape index (κ2) is 7.19. The molecule has 1 atom stereocenters. The van der Waals surface area contributed by atoms with Gasteiger partial charge < -0.3 is 11.1 Å². The van der Waals surface area contributed by atoms with Crippen LogP contribution >= 0.6 is 0 Å². The third-order valence-electron chi connectivity index (χ3n) is 3.53. The lowest BCUT2D eigenvalue weighted by atomic mass is 10.0. The van der Waals surface area contributed by atoms with Gasteiger partial charge in [-0.1, -0.05) is 26.0 Å². The van der Waals surface area contributed by atoms with Gasteiger partial charge in [-0.15, -0.1) is 0 Å². The number of benzene rings is 1. The van der Waals surface area contributed by atoms with E-state index in [2.05, 4.69) is 15.5 Å². The molecule has 2 aromatic rings. The number of aromatic amines is 1. The van der Waals surface area contributed by atoms with Gasteiger partial charge in [0.15, 0.2) is 0 Å². The van der Waals surface area contributed by atoms with Gasteiger partial charge in [0.05, 0.1) is 11.7 Å². The lowest BCUT2D eigenvalue weighted by molar-refractivity contribution is -0.117. The molecule has 0 aliphatic heterocycles. The van der Waals surface area contributed by atoms with Crippen molar-refractivity contribution in [2.75, 3.05) is 5.32 Å². The van der Waals surface area contributed by atoms with Crippen LogP contribution in [0.5, 0.6) is 0 Å². The van der Waals surface area contributed by atoms with Crippen LogP contribution in [0.2, 0.25) is 0 Å². The van der Waals surface area contributed by atoms with E-state index in [0.717, 1.165) is 11.1 Å². The fourth-order valence-electron chi connectivity index (χ4n) is 2.26. The van der Waals surface area contributed by atoms with Crippen LogP contribution in [0.15, 0.2) is 35.1 Å². The van der Waals surface area contributed by atoms with Crippen LogP contribution in [0.1, 0.15) is 25.8 Å². The van der Waals surface area contributed by atoms with E-state index in [-0.39, 0.29) is 11.5 Å². The van der Waals surface area contributed by atoms with Gasteiger partial charge in [0.1, 0.15) is 0 Å². The van der Waals surface area contributed by atoms with Crippen molar-refractivity contribution in [1.82, 2.24) is 10.2 Å². The highest BCUT2D eigenvalue weighted by Crippen LogP contribution is 2.23. The fraction of sp³-hybridized carbons (Fsp3) is 0.353. The quantitative estimate of drug-likeness (QED) is 0.786. The first kappa shape index (κ1) is 16.9. The number of aromatic nitrogens is 2. The van der Waals surface area contributed by atoms with Gasteiger partial charge in [0.2, 0.25) is 5.91 Å². The van der Waals surface area contributed by atoms with Crippen LogP contribution < -0.4 is 16.6 Å². The number of carbonyl (C=O) groups excluding carboxylic acids is 1. The van der Waals surface area contributed by atoms with Crippen LogP contribution in [-0.2, 0) is 4.79 Å². The molecule has 0 unspecified atom stereocenters. The Morgan fingerprint density at radius 2 is 2.04 bits per heavy atom. The lowest BCUT2D eigenvalue weighted by Gasteiger charge is -2.16. The molecule has 1 heterocycles. The number of carbonyl (C=O) groups is 1. The number of hydrogen-bond acceptors (Lipinski definition) is 4. The van der Waals surface area contributed by atoms with Crippen molar-refractivity contribution < 1.29 is 4.79 Å². The van der Waals surface area contributed by atoms with Crippen molar-refractivity contribution in [2.24, 2.45) is 11.7 Å². The van der Waals surface area contributed by atoms with E-state index in [1.54, 1.807) is 6.07 Å². The number of aryl methyl sites for hydroxylation is 1. The molecule has 23 heavy (non-hydrogen) atoms. The first-order valence-corrected chi connectivity index (χ1v) is 7.60. The van der Waals surface area contributed by atoms with Crippen molar-refractivity contribution in [3.05, 3.63) is 46.2 Å². The topological polar surface area (TPSA) is 101 Å². The first-order valence-electron chi connectivity index (χ1n) is 7.60. The standard InChI is InChI=1S/C17H22N4O2/c1-10(2)8-13(18)17(23)19-15-9-12(5-4-11(15)3)14-6-7-16(22)21-20-14/h4-7,9-10,13H,8,18H2,1-3H3,(H,19,23)(H,21,22)/t13-/m0/s1. The summed E-state index contributed by atoms with van der Waals surface area (Å²) in [6.45, 7) is 5.97. The molecule has 1 aromatic carbocycles. The predicted octanol–water partition coefficient (Wildman–Crippen LogP) is 2.06. The third-order valence-corrected chi connectivity index (χ3v) is 3.53. The summed E-state index contributed by atoms with van der Waals surface area (Å²) in [6.07, 6.45) is 0.631. The van der Waals surface area contributed by atoms with Crippen molar-refractivity contribution in [3.63, 3.8) is 0 Å². The number of amides is 1. The number of anilines is 1. The molecule has 6 heteroatoms. The highest BCUT2D eigenvalue weighted by molar-refractivity contribution is 5.95. The average molecular weight is 314 g/mol. The molecule has 0 saturated heterocycles. The Morgan fingerprint density at radius 3 is 2.65 bits per heavy atom. The molecule has 4 N–H and O–H groups in total. The molecule has 0 fully saturated rings. The molecule has 0 aliphatic rings. The van der Waals surface area contributed by atoms with Crippen molar-refractivity contribution in [1.29, 1.82) is 0 Å². The maximum absolute atomic E-state index is 12.2. The van der Waals surface area contributed by atoms with E-state index in [1.807, 2.05) is 39.0 Å². The number of nitrogens with two attached hydrogens (primary N) is 1. The van der Waals surface area contributed by atoms with Gasteiger partial charge in [0.25, 0.3) is 5.56 Å². The molecule has 122 valence electrons. The van der Waals surface area contributed by atoms with Crippen molar-refractivity contribution in [2.45, 2.75) is 33.2 Å². The summed E-state index contributed by atoms with van der Waals surface area (Å²) in [5.41, 5.74) is 8.73. The Hall–Kier alpha value is -2.47. The molecular formula is C17H22N4O2. The summed E-state index contributed by atoms with van der Waals surface area (Å²) in [5.74, 6) is 0.155. The van der Waals surface area contributed by atoms with Gasteiger partial charge >= 0.3 is 0 Å². The molecule has 2 rings (SSSR count). The number of H-pyrrole nitrogens is 1. The van der Waals surface area contributed by atoms with Gasteiger partial charge in [-0.05, 0) is 37.0 Å². The van der Waals surface area contributed by atoms with Crippen molar-refractivity contribution in [3.8, 4) is 11.3 Å². The molecule has 0 bridgehead atoms. The maximum atomic E-state index is 12.2. The molecular weight excluding hydrogens is 292 g/mol. The molecule has 0 saturated carbocycles. The van der Waals surface area contributed by atoms with Gasteiger partial charge in [-0.3, -0.25) is 9.59 Å². The molecule has 0 aliphatic carbocycles. The molecule has 1 aromatic heterocycles. The predicted molar refractivity (Wildman–Crippen MR) is 91.1 cm³/mol. The van der Waals surface area contributed by atoms with Gasteiger partial charge in [-0.25, -0.2) is 5.10 Å². The Bertz CT molecular complexity index is 732. The molecule has 1 amide bonds. The Morgan fingerprint density at radius 1 is 1.30 bits per heavy atom. The summed E-state index contributed by atoms with van der Waals surface area (Å²) >= 11 is 0. The zero-order chi connectivity index (χ0) is 17.0. The summed E-state index contributed by atoms with van der Waals surface area (Å²) in [6, 6.07) is 8.13. The van der Waals surface area contributed by atoms with Crippen LogP contribution in [0.4, 0.5) is 5.69 Å². The summed E-state index contributed by atoms with van der Waals surface area (Å²) in [7, 11) is 0. The van der Waals surface area contributed by atoms with E-state index in [4.69, 9.17) is 5.73 Å². The van der Waals surface area contributed by atoms with E-state index >= 15 is 0 Å². The van der Waals surface area contributed by atoms with Gasteiger partial charge in [0, 0.05) is 17.3 Å². The highest BCUT2D eigenvalue weighted by atomic mass is 16.2. The highest BCUT2D eigenvalue weighted by Gasteiger charge is 2.16. The lowest BCUT2D eigenvalue weighted by Crippen LogP contribution is -2.36. The van der Waals surface area contributed by atoms with Crippen LogP contribution in [0.3, 0.4) is 0 Å². The smallest absolute Gasteiger partial charge is 0.264 e. The van der Waals surface area contributed by atoms with Gasteiger partial charge in [-0.2, -0.15) is 5.10 Å². The van der Waals surface area contributed by atoms with E-state index in [1.165, 1.54) is 6.07 Å². The Kier molecular flexibility index (Phi) is 5.28. The number of nitrogens with zero attached hydrogens (tertiary/aromatic N) is 1. The third kappa shape index (κ3) is 4.50. The molecule has 0 radical (unpaired) electrons. The van der Waals surface area contributed by atoms with Crippen LogP contribution in [0, 0.1) is 12.8 Å². The summed E-state index contributed by atoms with van der Waals surface area (Å²) < 4.78 is 0. The number of nitrogens with one attached hydrogen (secondary N) is 2. The SMILES string of the molecule is Cc1ccc(-c2ccc(=O)[nH]n2)cc1NC(=O)[C@@H](N)CC(C)C. The first-order chi connectivity index (χ1) is 10.9. The minimum Gasteiger partial charge on any atom is -0.324 e. The second-order valence-electron chi connectivity index (χ2n) is 6.06. The zero-order valence-electron chi connectivity index (χ0n) is 13.6. The molecule has 6 nitrogen and oxygen atoms in total. The largest absolute Gasteiger partial charge is 0.324 e. The van der Waals surface area contributed by atoms with E-state index in [0.29, 0.717) is 23.7 Å². The average Bonchev–Trinajstić information content (AvgIpc) is 2.49. The zero-order valence-corrected chi connectivity index (χ0v) is 13.6. The summed E-state index contributed by atoms with van der Waals surface area (Å²) in [4.78, 5) is 23.3. The molecule has 0 spiro atoms. The van der Waals surface area contributed by atoms with Crippen molar-refractivity contribution >= 4 is 11.6 Å². The minimum atomic E-state index is -0.538. The number of hydrogen-bond donors (Lipinski definition) is 3. The van der Waals surface area contributed by atoms with E-state index in [9.17, 15) is 9.59 Å². The maximum Gasteiger partial charge on any atom is 0.264 e. The van der Waals surface area contributed by atoms with Crippen LogP contribution in [-0.4, -0.2) is 22.1 Å². The van der Waals surface area contributed by atoms with Crippen LogP contribution in [0.25, 0.3) is 11.3 Å². The van der Waals surface area contributed by atoms with E-state index < -0.39 is 6.04 Å². The monoisotopic (exact) mass is 314 g/mol. The Balaban J connectivity index is 2.22. The Labute approximate surface area is 135 Å². The second-order valence-corrected chi connectivity index (χ2v) is 6.06. The number of rotatable bonds is 5. The fourth-order valence-corrected chi connectivity index (χ4v) is 2.26.